The molecule has 2 aromatic carbocycles. The molecule has 1 heterocycles. The third kappa shape index (κ3) is 5.27. The van der Waals surface area contributed by atoms with Crippen LogP contribution in [0.15, 0.2) is 59.0 Å². The molecule has 3 rings (SSSR count). The van der Waals surface area contributed by atoms with Crippen LogP contribution >= 0.6 is 11.3 Å². The average Bonchev–Trinajstić information content (AvgIpc) is 3.08. The van der Waals surface area contributed by atoms with Crippen molar-refractivity contribution >= 4 is 28.7 Å². The Morgan fingerprint density at radius 1 is 1.11 bits per heavy atom. The minimum absolute atomic E-state index is 0.0487. The molecule has 0 saturated carbocycles. The Bertz CT molecular complexity index is 968. The molecule has 0 fully saturated rings. The lowest BCUT2D eigenvalue weighted by molar-refractivity contribution is 0.0734. The molecule has 0 saturated heterocycles. The predicted octanol–water partition coefficient (Wildman–Crippen LogP) is 5.41. The van der Waals surface area contributed by atoms with Gasteiger partial charge in [-0.1, -0.05) is 32.9 Å². The lowest BCUT2D eigenvalue weighted by Crippen LogP contribution is -2.12. The summed E-state index contributed by atoms with van der Waals surface area (Å²) < 4.78 is 5.45. The summed E-state index contributed by atoms with van der Waals surface area (Å²) >= 11 is 1.50. The van der Waals surface area contributed by atoms with Crippen molar-refractivity contribution in [3.63, 3.8) is 0 Å². The number of ether oxygens (including phenoxy) is 1. The molecule has 6 heteroatoms. The van der Waals surface area contributed by atoms with Crippen LogP contribution in [0.1, 0.15) is 48.0 Å². The number of hydrazone groups is 1. The van der Waals surface area contributed by atoms with Gasteiger partial charge in [0, 0.05) is 5.38 Å². The third-order valence-electron chi connectivity index (χ3n) is 4.07. The summed E-state index contributed by atoms with van der Waals surface area (Å²) in [6.07, 6.45) is 1.69. The zero-order chi connectivity index (χ0) is 20.1. The number of carbonyl (C=O) groups is 1. The Hall–Kier alpha value is -2.99. The minimum atomic E-state index is -0.373. The molecule has 144 valence electrons. The van der Waals surface area contributed by atoms with Crippen molar-refractivity contribution in [1.82, 2.24) is 4.98 Å². The number of rotatable bonds is 5. The van der Waals surface area contributed by atoms with Gasteiger partial charge in [0.25, 0.3) is 0 Å². The molecule has 0 radical (unpaired) electrons. The van der Waals surface area contributed by atoms with E-state index in [1.54, 1.807) is 30.5 Å². The largest absolute Gasteiger partial charge is 0.423 e. The Balaban J connectivity index is 1.58. The molecule has 0 spiro atoms. The highest BCUT2D eigenvalue weighted by Gasteiger charge is 2.15. The Kier molecular flexibility index (Phi) is 5.90. The standard InChI is InChI=1S/C22H23N3O2S/c1-15-14-28-21(24-15)25-23-13-16-5-11-19(12-6-16)27-20(26)17-7-9-18(10-8-17)22(2,3)4/h5-14H,1-4H3,(H,24,25)/b23-13-. The normalized spacial score (nSPS) is 11.6. The average molecular weight is 394 g/mol. The number of nitrogens with one attached hydrogen (secondary N) is 1. The molecule has 0 aliphatic heterocycles. The monoisotopic (exact) mass is 393 g/mol. The number of benzene rings is 2. The molecule has 0 aliphatic rings. The van der Waals surface area contributed by atoms with E-state index in [0.29, 0.717) is 11.3 Å². The smallest absolute Gasteiger partial charge is 0.343 e. The zero-order valence-corrected chi connectivity index (χ0v) is 17.2. The second-order valence-corrected chi connectivity index (χ2v) is 8.31. The number of anilines is 1. The number of thiazole rings is 1. The van der Waals surface area contributed by atoms with Gasteiger partial charge in [-0.25, -0.2) is 9.78 Å². The number of aryl methyl sites for hydroxylation is 1. The van der Waals surface area contributed by atoms with Gasteiger partial charge in [0.1, 0.15) is 5.75 Å². The van der Waals surface area contributed by atoms with Crippen molar-refractivity contribution in [3.8, 4) is 5.75 Å². The van der Waals surface area contributed by atoms with Crippen molar-refractivity contribution in [1.29, 1.82) is 0 Å². The van der Waals surface area contributed by atoms with Crippen molar-refractivity contribution in [2.45, 2.75) is 33.1 Å². The Morgan fingerprint density at radius 2 is 1.79 bits per heavy atom. The van der Waals surface area contributed by atoms with Gasteiger partial charge < -0.3 is 4.74 Å². The maximum Gasteiger partial charge on any atom is 0.343 e. The van der Waals surface area contributed by atoms with Crippen LogP contribution in [-0.4, -0.2) is 17.2 Å². The topological polar surface area (TPSA) is 63.6 Å². The van der Waals surface area contributed by atoms with Gasteiger partial charge in [0.05, 0.1) is 17.5 Å². The second-order valence-electron chi connectivity index (χ2n) is 7.45. The number of hydrogen-bond acceptors (Lipinski definition) is 6. The third-order valence-corrected chi connectivity index (χ3v) is 4.93. The summed E-state index contributed by atoms with van der Waals surface area (Å²) in [6, 6.07) is 14.7. The fourth-order valence-electron chi connectivity index (χ4n) is 2.46. The number of hydrogen-bond donors (Lipinski definition) is 1. The van der Waals surface area contributed by atoms with E-state index in [0.717, 1.165) is 16.4 Å². The highest BCUT2D eigenvalue weighted by atomic mass is 32.1. The second kappa shape index (κ2) is 8.35. The van der Waals surface area contributed by atoms with E-state index < -0.39 is 0 Å². The van der Waals surface area contributed by atoms with Gasteiger partial charge in [-0.05, 0) is 59.9 Å². The molecular weight excluding hydrogens is 370 g/mol. The SMILES string of the molecule is Cc1csc(N/N=C\c2ccc(OC(=O)c3ccc(C(C)(C)C)cc3)cc2)n1. The first-order valence-electron chi connectivity index (χ1n) is 8.95. The van der Waals surface area contributed by atoms with Gasteiger partial charge in [0.15, 0.2) is 0 Å². The van der Waals surface area contributed by atoms with Gasteiger partial charge in [-0.2, -0.15) is 5.10 Å². The van der Waals surface area contributed by atoms with Crippen LogP contribution in [0.3, 0.4) is 0 Å². The molecule has 28 heavy (non-hydrogen) atoms. The molecular formula is C22H23N3O2S. The summed E-state index contributed by atoms with van der Waals surface area (Å²) in [5, 5.41) is 6.86. The predicted molar refractivity (Wildman–Crippen MR) is 115 cm³/mol. The van der Waals surface area contributed by atoms with Crippen molar-refractivity contribution < 1.29 is 9.53 Å². The van der Waals surface area contributed by atoms with Crippen molar-refractivity contribution in [2.24, 2.45) is 5.10 Å². The maximum absolute atomic E-state index is 12.3. The van der Waals surface area contributed by atoms with E-state index in [2.05, 4.69) is 36.3 Å². The Morgan fingerprint density at radius 3 is 2.36 bits per heavy atom. The van der Waals surface area contributed by atoms with E-state index in [-0.39, 0.29) is 11.4 Å². The fraction of sp³-hybridized carbons (Fsp3) is 0.227. The van der Waals surface area contributed by atoms with E-state index in [9.17, 15) is 4.79 Å². The van der Waals surface area contributed by atoms with Crippen LogP contribution in [0.25, 0.3) is 0 Å². The summed E-state index contributed by atoms with van der Waals surface area (Å²) in [7, 11) is 0. The van der Waals surface area contributed by atoms with Crippen LogP contribution in [0, 0.1) is 6.92 Å². The number of aromatic nitrogens is 1. The zero-order valence-electron chi connectivity index (χ0n) is 16.4. The first kappa shape index (κ1) is 19.8. The van der Waals surface area contributed by atoms with Crippen molar-refractivity contribution in [2.75, 3.05) is 5.43 Å². The maximum atomic E-state index is 12.3. The quantitative estimate of drug-likeness (QED) is 0.272. The van der Waals surface area contributed by atoms with E-state index >= 15 is 0 Å². The Labute approximate surface area is 169 Å². The molecule has 3 aromatic rings. The summed E-state index contributed by atoms with van der Waals surface area (Å²) in [6.45, 7) is 8.35. The van der Waals surface area contributed by atoms with Crippen LogP contribution in [-0.2, 0) is 5.41 Å². The van der Waals surface area contributed by atoms with Crippen LogP contribution < -0.4 is 10.2 Å². The van der Waals surface area contributed by atoms with Crippen LogP contribution in [0.4, 0.5) is 5.13 Å². The number of nitrogens with zero attached hydrogens (tertiary/aromatic N) is 2. The van der Waals surface area contributed by atoms with E-state index in [1.165, 1.54) is 16.9 Å². The first-order valence-corrected chi connectivity index (χ1v) is 9.83. The molecule has 1 N–H and O–H groups in total. The molecule has 0 aliphatic carbocycles. The fourth-order valence-corrected chi connectivity index (χ4v) is 3.10. The molecule has 0 atom stereocenters. The highest BCUT2D eigenvalue weighted by molar-refractivity contribution is 7.13. The molecule has 0 unspecified atom stereocenters. The molecule has 0 amide bonds. The molecule has 1 aromatic heterocycles. The highest BCUT2D eigenvalue weighted by Crippen LogP contribution is 2.23. The minimum Gasteiger partial charge on any atom is -0.423 e. The van der Waals surface area contributed by atoms with Crippen LogP contribution in [0.5, 0.6) is 5.75 Å². The van der Waals surface area contributed by atoms with Gasteiger partial charge in [0.2, 0.25) is 5.13 Å². The van der Waals surface area contributed by atoms with Crippen LogP contribution in [0.2, 0.25) is 0 Å². The first-order chi connectivity index (χ1) is 13.3. The van der Waals surface area contributed by atoms with Gasteiger partial charge >= 0.3 is 5.97 Å². The number of esters is 1. The van der Waals surface area contributed by atoms with E-state index in [1.807, 2.05) is 36.6 Å². The summed E-state index contributed by atoms with van der Waals surface area (Å²) in [5.74, 6) is 0.119. The summed E-state index contributed by atoms with van der Waals surface area (Å²) in [5.41, 5.74) is 6.49. The van der Waals surface area contributed by atoms with Gasteiger partial charge in [-0.3, -0.25) is 5.43 Å². The van der Waals surface area contributed by atoms with Gasteiger partial charge in [-0.15, -0.1) is 11.3 Å². The summed E-state index contributed by atoms with van der Waals surface area (Å²) in [4.78, 5) is 16.6. The molecule has 5 nitrogen and oxygen atoms in total. The van der Waals surface area contributed by atoms with Crippen molar-refractivity contribution in [3.05, 3.63) is 76.3 Å². The lowest BCUT2D eigenvalue weighted by atomic mass is 9.87. The van der Waals surface area contributed by atoms with E-state index in [4.69, 9.17) is 4.74 Å². The lowest BCUT2D eigenvalue weighted by Gasteiger charge is -2.18. The number of carbonyl (C=O) groups excluding carboxylic acids is 1. The molecule has 0 bridgehead atoms.